The highest BCUT2D eigenvalue weighted by molar-refractivity contribution is 6.35. The topological polar surface area (TPSA) is 96.0 Å². The maximum absolute atomic E-state index is 12.8. The molecule has 1 saturated heterocycles. The average molecular weight is 364 g/mol. The number of ether oxygens (including phenoxy) is 1. The number of amides is 3. The van der Waals surface area contributed by atoms with Crippen LogP contribution in [0, 0.1) is 6.92 Å². The van der Waals surface area contributed by atoms with Crippen molar-refractivity contribution in [2.24, 2.45) is 0 Å². The summed E-state index contributed by atoms with van der Waals surface area (Å²) in [4.78, 5) is 50.3. The monoisotopic (exact) mass is 363 g/mol. The van der Waals surface area contributed by atoms with Crippen molar-refractivity contribution in [3.8, 4) is 0 Å². The van der Waals surface area contributed by atoms with Crippen LogP contribution in [0.15, 0.2) is 29.5 Å². The Labute approximate surface area is 147 Å². The minimum atomic E-state index is -1.22. The molecule has 0 unspecified atom stereocenters. The fourth-order valence-electron chi connectivity index (χ4n) is 2.80. The summed E-state index contributed by atoms with van der Waals surface area (Å²) >= 11 is 6.08. The van der Waals surface area contributed by atoms with E-state index >= 15 is 0 Å². The number of esters is 1. The van der Waals surface area contributed by atoms with E-state index in [0.717, 1.165) is 22.6 Å². The molecule has 25 heavy (non-hydrogen) atoms. The number of fused-ring (bicyclic) bond motifs is 1. The van der Waals surface area contributed by atoms with E-state index in [-0.39, 0.29) is 17.0 Å². The third-order valence-electron chi connectivity index (χ3n) is 4.06. The predicted molar refractivity (Wildman–Crippen MR) is 87.2 cm³/mol. The van der Waals surface area contributed by atoms with Crippen molar-refractivity contribution in [2.45, 2.75) is 19.9 Å². The fourth-order valence-corrected chi connectivity index (χ4v) is 2.97. The fraction of sp³-hybridized carbons (Fsp3) is 0.250. The van der Waals surface area contributed by atoms with Gasteiger partial charge in [0.2, 0.25) is 5.91 Å². The third-order valence-corrected chi connectivity index (χ3v) is 4.47. The number of carbonyl (C=O) groups excluding carboxylic acids is 4. The van der Waals surface area contributed by atoms with Crippen molar-refractivity contribution < 1.29 is 23.9 Å². The minimum Gasteiger partial charge on any atom is -0.464 e. The summed E-state index contributed by atoms with van der Waals surface area (Å²) in [6, 6.07) is 3.50. The highest BCUT2D eigenvalue weighted by atomic mass is 35.5. The SMILES string of the molecule is COC(=O)C1=C2C(=O)N(c3ccc(C)c(Cl)c3)C(=O)[C@H]2N(C(C)=O)N1. The highest BCUT2D eigenvalue weighted by Crippen LogP contribution is 2.35. The lowest BCUT2D eigenvalue weighted by Crippen LogP contribution is -2.48. The van der Waals surface area contributed by atoms with Gasteiger partial charge in [-0.2, -0.15) is 0 Å². The first kappa shape index (κ1) is 17.0. The lowest BCUT2D eigenvalue weighted by atomic mass is 10.1. The van der Waals surface area contributed by atoms with Crippen LogP contribution < -0.4 is 10.3 Å². The van der Waals surface area contributed by atoms with Crippen LogP contribution in [-0.2, 0) is 23.9 Å². The van der Waals surface area contributed by atoms with E-state index in [1.165, 1.54) is 13.0 Å². The molecule has 0 aliphatic carbocycles. The molecule has 0 radical (unpaired) electrons. The first-order valence-electron chi connectivity index (χ1n) is 7.31. The van der Waals surface area contributed by atoms with Crippen molar-refractivity contribution in [3.63, 3.8) is 0 Å². The van der Waals surface area contributed by atoms with E-state index < -0.39 is 29.7 Å². The average Bonchev–Trinajstić information content (AvgIpc) is 3.08. The number of halogens is 1. The number of carbonyl (C=O) groups is 4. The molecule has 130 valence electrons. The van der Waals surface area contributed by atoms with Crippen molar-refractivity contribution in [2.75, 3.05) is 12.0 Å². The molecule has 9 heteroatoms. The number of hydrazine groups is 1. The molecule has 2 aliphatic rings. The number of rotatable bonds is 2. The lowest BCUT2D eigenvalue weighted by molar-refractivity contribution is -0.140. The van der Waals surface area contributed by atoms with E-state index in [4.69, 9.17) is 11.6 Å². The number of methoxy groups -OCH3 is 1. The van der Waals surface area contributed by atoms with Gasteiger partial charge in [0.05, 0.1) is 18.4 Å². The van der Waals surface area contributed by atoms with Gasteiger partial charge >= 0.3 is 5.97 Å². The molecule has 0 bridgehead atoms. The lowest BCUT2D eigenvalue weighted by Gasteiger charge is -2.23. The Morgan fingerprint density at radius 2 is 1.96 bits per heavy atom. The molecule has 2 heterocycles. The van der Waals surface area contributed by atoms with Crippen molar-refractivity contribution in [1.29, 1.82) is 0 Å². The first-order chi connectivity index (χ1) is 11.8. The summed E-state index contributed by atoms with van der Waals surface area (Å²) in [5, 5.41) is 1.33. The molecule has 2 aliphatic heterocycles. The van der Waals surface area contributed by atoms with E-state index in [1.807, 2.05) is 0 Å². The van der Waals surface area contributed by atoms with Gasteiger partial charge in [-0.1, -0.05) is 17.7 Å². The summed E-state index contributed by atoms with van der Waals surface area (Å²) in [5.74, 6) is -2.71. The van der Waals surface area contributed by atoms with Crippen LogP contribution in [0.5, 0.6) is 0 Å². The molecule has 3 rings (SSSR count). The van der Waals surface area contributed by atoms with E-state index in [0.29, 0.717) is 5.02 Å². The molecule has 3 amide bonds. The summed E-state index contributed by atoms with van der Waals surface area (Å²) < 4.78 is 4.63. The first-order valence-corrected chi connectivity index (χ1v) is 7.69. The number of nitrogens with one attached hydrogen (secondary N) is 1. The van der Waals surface area contributed by atoms with E-state index in [2.05, 4.69) is 10.2 Å². The summed E-state index contributed by atoms with van der Waals surface area (Å²) in [5.41, 5.74) is 3.20. The Balaban J connectivity index is 2.12. The van der Waals surface area contributed by atoms with Crippen LogP contribution in [0.4, 0.5) is 5.69 Å². The number of hydrogen-bond donors (Lipinski definition) is 1. The van der Waals surface area contributed by atoms with E-state index in [1.54, 1.807) is 19.1 Å². The van der Waals surface area contributed by atoms with Gasteiger partial charge in [0.15, 0.2) is 11.7 Å². The Kier molecular flexibility index (Phi) is 4.00. The van der Waals surface area contributed by atoms with Crippen LogP contribution in [0.1, 0.15) is 12.5 Å². The molecule has 1 N–H and O–H groups in total. The molecule has 0 saturated carbocycles. The molecule has 0 aromatic heterocycles. The summed E-state index contributed by atoms with van der Waals surface area (Å²) in [6.45, 7) is 3.00. The van der Waals surface area contributed by atoms with Gasteiger partial charge in [-0.3, -0.25) is 19.8 Å². The smallest absolute Gasteiger partial charge is 0.356 e. The maximum atomic E-state index is 12.8. The molecular weight excluding hydrogens is 350 g/mol. The molecule has 1 fully saturated rings. The number of nitrogens with zero attached hydrogens (tertiary/aromatic N) is 2. The van der Waals surface area contributed by atoms with Crippen LogP contribution in [-0.4, -0.2) is 41.9 Å². The van der Waals surface area contributed by atoms with Crippen molar-refractivity contribution in [1.82, 2.24) is 10.4 Å². The molecule has 0 spiro atoms. The number of aryl methyl sites for hydroxylation is 1. The highest BCUT2D eigenvalue weighted by Gasteiger charge is 2.55. The quantitative estimate of drug-likeness (QED) is 0.613. The minimum absolute atomic E-state index is 0.122. The Morgan fingerprint density at radius 1 is 1.28 bits per heavy atom. The van der Waals surface area contributed by atoms with Crippen LogP contribution in [0.25, 0.3) is 0 Å². The summed E-state index contributed by atoms with van der Waals surface area (Å²) in [6.07, 6.45) is 0. The van der Waals surface area contributed by atoms with Gasteiger partial charge in [-0.25, -0.2) is 14.7 Å². The number of imide groups is 1. The zero-order chi connectivity index (χ0) is 18.5. The second-order valence-electron chi connectivity index (χ2n) is 5.60. The predicted octanol–water partition coefficient (Wildman–Crippen LogP) is 0.684. The number of benzene rings is 1. The Hall–Kier alpha value is -2.87. The second-order valence-corrected chi connectivity index (χ2v) is 6.00. The normalized spacial score (nSPS) is 19.3. The van der Waals surface area contributed by atoms with Gasteiger partial charge in [0.1, 0.15) is 0 Å². The van der Waals surface area contributed by atoms with Gasteiger partial charge in [-0.05, 0) is 24.6 Å². The van der Waals surface area contributed by atoms with Crippen LogP contribution >= 0.6 is 11.6 Å². The standard InChI is InChI=1S/C16H14ClN3O5/c1-7-4-5-9(6-10(7)17)19-14(22)11-12(16(24)25-3)18-20(8(2)21)13(11)15(19)23/h4-6,13,18H,1-3H3/t13-/m0/s1. The molecule has 1 atom stereocenters. The van der Waals surface area contributed by atoms with Crippen LogP contribution in [0.2, 0.25) is 5.02 Å². The molecular formula is C16H14ClN3O5. The Bertz CT molecular complexity index is 863. The second kappa shape index (κ2) is 5.89. The number of hydrogen-bond acceptors (Lipinski definition) is 6. The van der Waals surface area contributed by atoms with Crippen molar-refractivity contribution in [3.05, 3.63) is 40.1 Å². The van der Waals surface area contributed by atoms with E-state index in [9.17, 15) is 19.2 Å². The van der Waals surface area contributed by atoms with Gasteiger partial charge in [0.25, 0.3) is 11.8 Å². The van der Waals surface area contributed by atoms with Crippen LogP contribution in [0.3, 0.4) is 0 Å². The third kappa shape index (κ3) is 2.45. The molecule has 1 aromatic carbocycles. The molecule has 1 aromatic rings. The van der Waals surface area contributed by atoms with Crippen molar-refractivity contribution >= 4 is 41.0 Å². The van der Waals surface area contributed by atoms with Gasteiger partial charge in [-0.15, -0.1) is 0 Å². The largest absolute Gasteiger partial charge is 0.464 e. The Morgan fingerprint density at radius 3 is 2.52 bits per heavy atom. The summed E-state index contributed by atoms with van der Waals surface area (Å²) in [7, 11) is 1.14. The zero-order valence-corrected chi connectivity index (χ0v) is 14.4. The number of anilines is 1. The maximum Gasteiger partial charge on any atom is 0.356 e. The van der Waals surface area contributed by atoms with Gasteiger partial charge in [0, 0.05) is 11.9 Å². The molecule has 8 nitrogen and oxygen atoms in total. The van der Waals surface area contributed by atoms with Gasteiger partial charge < -0.3 is 4.74 Å². The zero-order valence-electron chi connectivity index (χ0n) is 13.6.